The Bertz CT molecular complexity index is 1980. The Morgan fingerprint density at radius 3 is 2.81 bits per heavy atom. The fraction of sp³-hybridized carbons (Fsp3) is 0.593. The van der Waals surface area contributed by atoms with Gasteiger partial charge in [0.15, 0.2) is 17.4 Å². The minimum absolute atomic E-state index is 0.108. The van der Waals surface area contributed by atoms with E-state index in [0.29, 0.717) is 31.7 Å². The molecule has 1 saturated carbocycles. The van der Waals surface area contributed by atoms with Gasteiger partial charge in [-0.15, -0.1) is 0 Å². The lowest BCUT2D eigenvalue weighted by Gasteiger charge is -2.27. The molecule has 2 unspecified atom stereocenters. The van der Waals surface area contributed by atoms with Crippen LogP contribution in [0.5, 0.6) is 5.88 Å². The van der Waals surface area contributed by atoms with Crippen molar-refractivity contribution in [3.05, 3.63) is 35.3 Å². The first kappa shape index (κ1) is 37.4. The topological polar surface area (TPSA) is 278 Å². The van der Waals surface area contributed by atoms with Crippen molar-refractivity contribution in [3.8, 4) is 5.88 Å². The molecule has 7 rings (SSSR count). The minimum Gasteiger partial charge on any atom is -0.474 e. The molecule has 282 valence electrons. The molecule has 3 saturated heterocycles. The third kappa shape index (κ3) is 7.96. The van der Waals surface area contributed by atoms with Crippen molar-refractivity contribution in [1.29, 1.82) is 0 Å². The second-order valence-corrected chi connectivity index (χ2v) is 18.2. The molecule has 25 heteroatoms. The molecular formula is C27H35N9O12P2S2. The largest absolute Gasteiger partial charge is 0.474 e. The van der Waals surface area contributed by atoms with E-state index in [2.05, 4.69) is 42.5 Å². The average Bonchev–Trinajstić information content (AvgIpc) is 3.89. The predicted molar refractivity (Wildman–Crippen MR) is 184 cm³/mol. The van der Waals surface area contributed by atoms with Crippen LogP contribution in [0.4, 0.5) is 5.95 Å². The molecule has 2 amide bonds. The van der Waals surface area contributed by atoms with E-state index in [1.807, 2.05) is 0 Å². The highest BCUT2D eigenvalue weighted by molar-refractivity contribution is 8.44. The van der Waals surface area contributed by atoms with Crippen LogP contribution in [0.3, 0.4) is 0 Å². The number of nitrogens with two attached hydrogens (primary N) is 1. The van der Waals surface area contributed by atoms with Crippen molar-refractivity contribution >= 4 is 66.5 Å². The summed E-state index contributed by atoms with van der Waals surface area (Å²) in [5.41, 5.74) is 4.49. The van der Waals surface area contributed by atoms with E-state index in [1.54, 1.807) is 6.07 Å². The monoisotopic (exact) mass is 803 g/mol. The lowest BCUT2D eigenvalue weighted by atomic mass is 10.1. The molecule has 4 fully saturated rings. The van der Waals surface area contributed by atoms with Crippen molar-refractivity contribution in [2.24, 2.45) is 11.7 Å². The smallest absolute Gasteiger partial charge is 0.386 e. The summed E-state index contributed by atoms with van der Waals surface area (Å²) in [4.78, 5) is 69.7. The number of hydrogen-bond donors (Lipinski definition) is 6. The molecule has 0 radical (unpaired) electrons. The highest BCUT2D eigenvalue weighted by atomic mass is 32.7. The van der Waals surface area contributed by atoms with Crippen LogP contribution in [0.1, 0.15) is 31.9 Å². The summed E-state index contributed by atoms with van der Waals surface area (Å²) in [6.45, 7) is -8.86. The Hall–Kier alpha value is -2.92. The number of aliphatic hydroxyl groups excluding tert-OH is 1. The summed E-state index contributed by atoms with van der Waals surface area (Å²) >= 11 is 9.49. The Labute approximate surface area is 304 Å². The summed E-state index contributed by atoms with van der Waals surface area (Å²) in [6.07, 6.45) is -1.23. The normalized spacial score (nSPS) is 35.3. The number of likely N-dealkylation sites (tertiary alicyclic amines) is 1. The Kier molecular flexibility index (Phi) is 10.8. The number of H-pyrrole nitrogens is 1. The molecule has 6 N–H and O–H groups in total. The number of hydrogen-bond acceptors (Lipinski definition) is 17. The fourth-order valence-corrected chi connectivity index (χ4v) is 9.73. The number of fused-ring (bicyclic) bond motifs is 4. The van der Waals surface area contributed by atoms with Crippen LogP contribution in [0.2, 0.25) is 0 Å². The van der Waals surface area contributed by atoms with Crippen LogP contribution in [-0.2, 0) is 48.8 Å². The van der Waals surface area contributed by atoms with E-state index in [4.69, 9.17) is 45.1 Å². The molecule has 0 aromatic carbocycles. The molecule has 2 bridgehead atoms. The zero-order chi connectivity index (χ0) is 36.8. The van der Waals surface area contributed by atoms with Gasteiger partial charge in [-0.3, -0.25) is 33.8 Å². The SMILES string of the molecule is NCC(=O)N1CCC[C@@H]1C(=O)Nc1nc2c(ncn2[C@@H]2O[C@@H]3COP(O)(=S)O[C@H]4C[C@H](Oc5ccncn5)C[C@@H]4COP(=O)(S)O[C@@H]2[C@@H]3O)c(=O)[nH]1. The first-order chi connectivity index (χ1) is 24.8. The van der Waals surface area contributed by atoms with Crippen LogP contribution in [0.25, 0.3) is 11.2 Å². The lowest BCUT2D eigenvalue weighted by molar-refractivity contribution is -0.135. The van der Waals surface area contributed by atoms with Gasteiger partial charge < -0.3 is 43.7 Å². The molecule has 21 nitrogen and oxygen atoms in total. The van der Waals surface area contributed by atoms with Crippen molar-refractivity contribution in [2.75, 3.05) is 31.6 Å². The number of aromatic nitrogens is 6. The van der Waals surface area contributed by atoms with E-state index in [-0.39, 0.29) is 36.7 Å². The standard InChI is InChI=1S/C27H35N9O12P2S2/c28-8-19(37)35-5-1-2-15(35)24(39)33-27-32-23-20(25(40)34-27)31-12-36(23)26-22-21(38)17(46-26)10-44-49(41,51)47-16-7-14(45-18-3-4-29-11-30-18)6-13(16)9-43-50(42,52)48-22/h3-4,11-17,21-22,26,38H,1-2,5-10,28H2,(H,41,51)(H,42,52)(H2,32,33,34,39,40)/t13-,14-,15-,16+,17-,21-,22-,26-,49?,50?/m1/s1. The summed E-state index contributed by atoms with van der Waals surface area (Å²) < 4.78 is 50.0. The predicted octanol–water partition coefficient (Wildman–Crippen LogP) is -0.0144. The van der Waals surface area contributed by atoms with Gasteiger partial charge in [0.2, 0.25) is 23.6 Å². The molecule has 6 heterocycles. The Morgan fingerprint density at radius 2 is 2.04 bits per heavy atom. The number of aliphatic hydroxyl groups is 1. The zero-order valence-electron chi connectivity index (χ0n) is 27.1. The zero-order valence-corrected chi connectivity index (χ0v) is 30.6. The second kappa shape index (κ2) is 15.1. The molecule has 10 atom stereocenters. The molecule has 0 spiro atoms. The molecule has 4 aliphatic rings. The van der Waals surface area contributed by atoms with Crippen LogP contribution in [0.15, 0.2) is 29.7 Å². The fourth-order valence-electron chi connectivity index (χ4n) is 6.72. The van der Waals surface area contributed by atoms with Crippen molar-refractivity contribution in [2.45, 2.75) is 68.5 Å². The summed E-state index contributed by atoms with van der Waals surface area (Å²) in [7, 11) is 0. The molecule has 1 aliphatic carbocycles. The average molecular weight is 804 g/mol. The number of nitrogens with zero attached hydrogens (tertiary/aromatic N) is 6. The molecule has 3 aliphatic heterocycles. The molecule has 3 aromatic heterocycles. The van der Waals surface area contributed by atoms with E-state index in [0.717, 1.165) is 0 Å². The third-order valence-corrected chi connectivity index (χ3v) is 12.3. The second-order valence-electron chi connectivity index (χ2n) is 12.5. The van der Waals surface area contributed by atoms with Gasteiger partial charge in [-0.25, -0.2) is 19.5 Å². The van der Waals surface area contributed by atoms with Gasteiger partial charge in [-0.2, -0.15) is 4.98 Å². The van der Waals surface area contributed by atoms with Gasteiger partial charge in [0.1, 0.15) is 36.8 Å². The quantitative estimate of drug-likeness (QED) is 0.141. The number of carbonyl (C=O) groups is 2. The van der Waals surface area contributed by atoms with Gasteiger partial charge >= 0.3 is 13.5 Å². The molecule has 52 heavy (non-hydrogen) atoms. The third-order valence-electron chi connectivity index (χ3n) is 9.12. The first-order valence-electron chi connectivity index (χ1n) is 16.2. The van der Waals surface area contributed by atoms with Crippen molar-refractivity contribution in [1.82, 2.24) is 34.4 Å². The number of thiol groups is 1. The number of anilines is 1. The Morgan fingerprint density at radius 1 is 1.21 bits per heavy atom. The maximum Gasteiger partial charge on any atom is 0.386 e. The van der Waals surface area contributed by atoms with Crippen LogP contribution in [0, 0.1) is 5.92 Å². The highest BCUT2D eigenvalue weighted by Crippen LogP contribution is 2.58. The first-order valence-corrected chi connectivity index (χ1v) is 21.4. The number of nitrogens with one attached hydrogen (secondary N) is 2. The number of carbonyl (C=O) groups excluding carboxylic acids is 2. The Balaban J connectivity index is 1.13. The summed E-state index contributed by atoms with van der Waals surface area (Å²) in [6, 6.07) is 0.762. The lowest BCUT2D eigenvalue weighted by Crippen LogP contribution is -2.45. The van der Waals surface area contributed by atoms with E-state index >= 15 is 0 Å². The number of rotatable bonds is 6. The van der Waals surface area contributed by atoms with E-state index < -0.39 is 86.2 Å². The number of imidazole rings is 1. The minimum atomic E-state index is -4.27. The molecule has 3 aromatic rings. The highest BCUT2D eigenvalue weighted by Gasteiger charge is 2.51. The van der Waals surface area contributed by atoms with Gasteiger partial charge in [-0.05, 0) is 31.1 Å². The van der Waals surface area contributed by atoms with Crippen molar-refractivity contribution < 1.29 is 51.7 Å². The maximum atomic E-state index is 13.7. The van der Waals surface area contributed by atoms with Crippen molar-refractivity contribution in [3.63, 3.8) is 0 Å². The van der Waals surface area contributed by atoms with Gasteiger partial charge in [-0.1, -0.05) is 12.2 Å². The maximum absolute atomic E-state index is 13.7. The van der Waals surface area contributed by atoms with Gasteiger partial charge in [0.05, 0.1) is 32.2 Å². The van der Waals surface area contributed by atoms with E-state index in [1.165, 1.54) is 28.3 Å². The number of amides is 2. The number of ether oxygens (including phenoxy) is 2. The summed E-state index contributed by atoms with van der Waals surface area (Å²) in [5, 5.41) is 13.9. The van der Waals surface area contributed by atoms with Crippen LogP contribution < -0.4 is 21.3 Å². The van der Waals surface area contributed by atoms with Gasteiger partial charge in [0.25, 0.3) is 5.56 Å². The van der Waals surface area contributed by atoms with Gasteiger partial charge in [0, 0.05) is 31.1 Å². The number of aromatic amines is 1. The van der Waals surface area contributed by atoms with Crippen LogP contribution >= 0.6 is 25.8 Å². The van der Waals surface area contributed by atoms with Crippen LogP contribution in [-0.4, -0.2) is 119 Å². The van der Waals surface area contributed by atoms with E-state index in [9.17, 15) is 28.9 Å². The molecular weight excluding hydrogens is 768 g/mol. The summed E-state index contributed by atoms with van der Waals surface area (Å²) in [5.74, 6) is -1.43.